The first kappa shape index (κ1) is 15.3. The molecule has 7 heteroatoms. The van der Waals surface area contributed by atoms with Crippen molar-refractivity contribution in [2.75, 3.05) is 5.32 Å². The lowest BCUT2D eigenvalue weighted by atomic mass is 9.77. The van der Waals surface area contributed by atoms with Crippen LogP contribution in [0.3, 0.4) is 0 Å². The minimum absolute atomic E-state index is 0.0660. The van der Waals surface area contributed by atoms with Crippen molar-refractivity contribution in [1.82, 2.24) is 0 Å². The molecule has 0 spiro atoms. The summed E-state index contributed by atoms with van der Waals surface area (Å²) in [6.07, 6.45) is 4.99. The van der Waals surface area contributed by atoms with Gasteiger partial charge in [0, 0.05) is 35.9 Å². The van der Waals surface area contributed by atoms with Gasteiger partial charge in [0.05, 0.1) is 15.9 Å². The van der Waals surface area contributed by atoms with Gasteiger partial charge in [-0.3, -0.25) is 20.2 Å². The second-order valence-electron chi connectivity index (χ2n) is 6.36. The Balaban J connectivity index is 1.77. The average Bonchev–Trinajstić information content (AvgIpc) is 3.10. The maximum Gasteiger partial charge on any atom is 0.269 e. The number of rotatable bonds is 3. The molecule has 25 heavy (non-hydrogen) atoms. The van der Waals surface area contributed by atoms with Crippen molar-refractivity contribution in [1.29, 1.82) is 0 Å². The number of benzene rings is 2. The highest BCUT2D eigenvalue weighted by atomic mass is 16.6. The van der Waals surface area contributed by atoms with Gasteiger partial charge in [0.1, 0.15) is 0 Å². The number of nitrogens with one attached hydrogen (secondary N) is 1. The van der Waals surface area contributed by atoms with Gasteiger partial charge in [0.15, 0.2) is 0 Å². The molecule has 3 atom stereocenters. The second-order valence-corrected chi connectivity index (χ2v) is 6.36. The molecule has 1 heterocycles. The number of nitrogens with zero attached hydrogens (tertiary/aromatic N) is 2. The van der Waals surface area contributed by atoms with Crippen molar-refractivity contribution < 1.29 is 9.85 Å². The number of nitro groups is 2. The van der Waals surface area contributed by atoms with Crippen LogP contribution < -0.4 is 5.32 Å². The highest BCUT2D eigenvalue weighted by Crippen LogP contribution is 2.50. The lowest BCUT2D eigenvalue weighted by Gasteiger charge is -2.37. The third-order valence-electron chi connectivity index (χ3n) is 5.00. The molecule has 1 N–H and O–H groups in total. The van der Waals surface area contributed by atoms with Crippen LogP contribution in [-0.2, 0) is 0 Å². The fourth-order valence-electron chi connectivity index (χ4n) is 3.86. The maximum atomic E-state index is 11.1. The Kier molecular flexibility index (Phi) is 3.49. The van der Waals surface area contributed by atoms with Crippen molar-refractivity contribution in [3.05, 3.63) is 86.0 Å². The lowest BCUT2D eigenvalue weighted by Crippen LogP contribution is -2.29. The third-order valence-corrected chi connectivity index (χ3v) is 5.00. The van der Waals surface area contributed by atoms with E-state index in [2.05, 4.69) is 17.5 Å². The summed E-state index contributed by atoms with van der Waals surface area (Å²) in [4.78, 5) is 21.4. The Morgan fingerprint density at radius 3 is 2.52 bits per heavy atom. The molecular weight excluding hydrogens is 322 g/mol. The normalized spacial score (nSPS) is 23.4. The highest BCUT2D eigenvalue weighted by Gasteiger charge is 2.38. The number of hydrogen-bond acceptors (Lipinski definition) is 5. The van der Waals surface area contributed by atoms with Gasteiger partial charge < -0.3 is 5.32 Å². The molecule has 1 aliphatic carbocycles. The molecule has 2 aliphatic rings. The molecule has 4 rings (SSSR count). The van der Waals surface area contributed by atoms with Gasteiger partial charge in [-0.2, -0.15) is 0 Å². The fourth-order valence-corrected chi connectivity index (χ4v) is 3.86. The maximum absolute atomic E-state index is 11.1. The standard InChI is InChI=1S/C18H15N3O4/c22-20(23)12-4-1-3-11(9-12)18-15-6-2-5-14(15)16-10-13(21(24)25)7-8-17(16)19-18/h1-5,7-10,14-15,18-19H,6H2/t14-,15+,18-/m1/s1. The van der Waals surface area contributed by atoms with Crippen LogP contribution in [0, 0.1) is 26.1 Å². The quantitative estimate of drug-likeness (QED) is 0.510. The molecule has 1 aliphatic heterocycles. The van der Waals surface area contributed by atoms with Crippen molar-refractivity contribution >= 4 is 17.1 Å². The summed E-state index contributed by atoms with van der Waals surface area (Å²) < 4.78 is 0. The van der Waals surface area contributed by atoms with E-state index in [-0.39, 0.29) is 34.2 Å². The number of nitro benzene ring substituents is 2. The Labute approximate surface area is 143 Å². The molecule has 0 amide bonds. The van der Waals surface area contributed by atoms with Gasteiger partial charge in [-0.05, 0) is 29.5 Å². The van der Waals surface area contributed by atoms with Crippen LogP contribution in [0.1, 0.15) is 29.5 Å². The van der Waals surface area contributed by atoms with E-state index >= 15 is 0 Å². The van der Waals surface area contributed by atoms with Crippen LogP contribution in [0.5, 0.6) is 0 Å². The largest absolute Gasteiger partial charge is 0.378 e. The predicted molar refractivity (Wildman–Crippen MR) is 92.5 cm³/mol. The molecular formula is C18H15N3O4. The van der Waals surface area contributed by atoms with Crippen LogP contribution in [0.15, 0.2) is 54.6 Å². The second kappa shape index (κ2) is 5.70. The summed E-state index contributed by atoms with van der Waals surface area (Å²) >= 11 is 0. The van der Waals surface area contributed by atoms with Gasteiger partial charge in [-0.25, -0.2) is 0 Å². The van der Waals surface area contributed by atoms with Crippen LogP contribution in [-0.4, -0.2) is 9.85 Å². The molecule has 7 nitrogen and oxygen atoms in total. The van der Waals surface area contributed by atoms with E-state index in [0.29, 0.717) is 0 Å². The Bertz CT molecular complexity index is 909. The fraction of sp³-hybridized carbons (Fsp3) is 0.222. The number of fused-ring (bicyclic) bond motifs is 3. The van der Waals surface area contributed by atoms with Gasteiger partial charge >= 0.3 is 0 Å². The minimum Gasteiger partial charge on any atom is -0.378 e. The summed E-state index contributed by atoms with van der Waals surface area (Å²) in [5.74, 6) is 0.247. The van der Waals surface area contributed by atoms with Crippen molar-refractivity contribution in [2.24, 2.45) is 5.92 Å². The first-order valence-corrected chi connectivity index (χ1v) is 8.00. The summed E-state index contributed by atoms with van der Waals surface area (Å²) in [5, 5.41) is 25.6. The van der Waals surface area contributed by atoms with E-state index in [0.717, 1.165) is 23.2 Å². The van der Waals surface area contributed by atoms with E-state index < -0.39 is 4.92 Å². The summed E-state index contributed by atoms with van der Waals surface area (Å²) in [6, 6.07) is 11.4. The molecule has 0 bridgehead atoms. The Morgan fingerprint density at radius 2 is 1.76 bits per heavy atom. The molecule has 2 aromatic rings. The van der Waals surface area contributed by atoms with Gasteiger partial charge in [0.2, 0.25) is 0 Å². The van der Waals surface area contributed by atoms with E-state index in [1.54, 1.807) is 24.3 Å². The van der Waals surface area contributed by atoms with Gasteiger partial charge in [0.25, 0.3) is 11.4 Å². The summed E-state index contributed by atoms with van der Waals surface area (Å²) in [6.45, 7) is 0. The zero-order valence-corrected chi connectivity index (χ0v) is 13.2. The highest BCUT2D eigenvalue weighted by molar-refractivity contribution is 5.63. The van der Waals surface area contributed by atoms with Gasteiger partial charge in [-0.15, -0.1) is 0 Å². The number of non-ortho nitro benzene ring substituents is 2. The third kappa shape index (κ3) is 2.53. The molecule has 0 aromatic heterocycles. The molecule has 0 unspecified atom stereocenters. The Hall–Kier alpha value is -3.22. The minimum atomic E-state index is -0.395. The van der Waals surface area contributed by atoms with Crippen LogP contribution in [0.25, 0.3) is 0 Å². The molecule has 0 radical (unpaired) electrons. The van der Waals surface area contributed by atoms with E-state index in [4.69, 9.17) is 0 Å². The van der Waals surface area contributed by atoms with E-state index in [1.165, 1.54) is 12.1 Å². The monoisotopic (exact) mass is 337 g/mol. The molecule has 0 saturated heterocycles. The summed E-state index contributed by atoms with van der Waals surface area (Å²) in [5.41, 5.74) is 2.76. The molecule has 0 fully saturated rings. The molecule has 126 valence electrons. The first-order valence-electron chi connectivity index (χ1n) is 8.00. The van der Waals surface area contributed by atoms with Crippen LogP contribution in [0.2, 0.25) is 0 Å². The van der Waals surface area contributed by atoms with Crippen LogP contribution in [0.4, 0.5) is 17.1 Å². The lowest BCUT2D eigenvalue weighted by molar-refractivity contribution is -0.385. The van der Waals surface area contributed by atoms with Crippen LogP contribution >= 0.6 is 0 Å². The molecule has 0 saturated carbocycles. The topological polar surface area (TPSA) is 98.3 Å². The van der Waals surface area contributed by atoms with Crippen molar-refractivity contribution in [2.45, 2.75) is 18.4 Å². The summed E-state index contributed by atoms with van der Waals surface area (Å²) in [7, 11) is 0. The van der Waals surface area contributed by atoms with E-state index in [9.17, 15) is 20.2 Å². The zero-order valence-electron chi connectivity index (χ0n) is 13.2. The smallest absolute Gasteiger partial charge is 0.269 e. The predicted octanol–water partition coefficient (Wildman–Crippen LogP) is 4.33. The van der Waals surface area contributed by atoms with Crippen molar-refractivity contribution in [3.63, 3.8) is 0 Å². The van der Waals surface area contributed by atoms with E-state index in [1.807, 2.05) is 6.07 Å². The first-order chi connectivity index (χ1) is 12.0. The SMILES string of the molecule is O=[N+]([O-])c1cccc([C@H]2Nc3ccc([N+](=O)[O-])cc3[C@@H]3C=CC[C@H]23)c1. The number of hydrogen-bond donors (Lipinski definition) is 1. The number of allylic oxidation sites excluding steroid dienone is 2. The number of anilines is 1. The Morgan fingerprint density at radius 1 is 1.00 bits per heavy atom. The zero-order chi connectivity index (χ0) is 17.6. The average molecular weight is 337 g/mol. The molecule has 2 aromatic carbocycles. The van der Waals surface area contributed by atoms with Crippen molar-refractivity contribution in [3.8, 4) is 0 Å². The van der Waals surface area contributed by atoms with Gasteiger partial charge in [-0.1, -0.05) is 24.3 Å².